The Morgan fingerprint density at radius 3 is 3.36 bits per heavy atom. The minimum absolute atomic E-state index is 0.128. The molecule has 0 atom stereocenters. The Kier molecular flexibility index (Phi) is 2.49. The standard InChI is InChI=1S/C9H12N2O3/c12-9(13)1-3-11-6-10-7-2-4-14-5-8(7)11/h6H,1-5H2,(H,12,13). The SMILES string of the molecule is O=C(O)CCn1cnc2c1COCC2. The average molecular weight is 196 g/mol. The lowest BCUT2D eigenvalue weighted by molar-refractivity contribution is -0.137. The van der Waals surface area contributed by atoms with E-state index in [9.17, 15) is 4.79 Å². The molecule has 5 nitrogen and oxygen atoms in total. The van der Waals surface area contributed by atoms with Crippen LogP contribution in [0.4, 0.5) is 0 Å². The van der Waals surface area contributed by atoms with Crippen LogP contribution in [0.2, 0.25) is 0 Å². The summed E-state index contributed by atoms with van der Waals surface area (Å²) in [6.45, 7) is 1.74. The van der Waals surface area contributed by atoms with Gasteiger partial charge in [-0.15, -0.1) is 0 Å². The summed E-state index contributed by atoms with van der Waals surface area (Å²) in [5.74, 6) is -0.788. The molecule has 76 valence electrons. The Bertz CT molecular complexity index is 346. The smallest absolute Gasteiger partial charge is 0.305 e. The second-order valence-electron chi connectivity index (χ2n) is 3.28. The third-order valence-electron chi connectivity index (χ3n) is 2.32. The summed E-state index contributed by atoms with van der Waals surface area (Å²) in [6.07, 6.45) is 2.65. The van der Waals surface area contributed by atoms with E-state index < -0.39 is 5.97 Å². The van der Waals surface area contributed by atoms with Gasteiger partial charge in [0.05, 0.1) is 37.3 Å². The molecule has 14 heavy (non-hydrogen) atoms. The van der Waals surface area contributed by atoms with Crippen LogP contribution >= 0.6 is 0 Å². The van der Waals surface area contributed by atoms with Crippen molar-refractivity contribution in [2.24, 2.45) is 0 Å². The molecule has 2 rings (SSSR count). The fourth-order valence-corrected chi connectivity index (χ4v) is 1.57. The number of hydrogen-bond acceptors (Lipinski definition) is 3. The molecular weight excluding hydrogens is 184 g/mol. The van der Waals surface area contributed by atoms with Crippen molar-refractivity contribution in [1.29, 1.82) is 0 Å². The Labute approximate surface area is 81.3 Å². The van der Waals surface area contributed by atoms with Crippen molar-refractivity contribution < 1.29 is 14.6 Å². The number of aliphatic carboxylic acids is 1. The predicted molar refractivity (Wildman–Crippen MR) is 47.8 cm³/mol. The fourth-order valence-electron chi connectivity index (χ4n) is 1.57. The van der Waals surface area contributed by atoms with Gasteiger partial charge in [-0.2, -0.15) is 0 Å². The highest BCUT2D eigenvalue weighted by atomic mass is 16.5. The molecule has 1 aromatic rings. The summed E-state index contributed by atoms with van der Waals surface area (Å²) in [7, 11) is 0. The third-order valence-corrected chi connectivity index (χ3v) is 2.32. The van der Waals surface area contributed by atoms with E-state index in [2.05, 4.69) is 4.98 Å². The molecule has 0 aliphatic carbocycles. The van der Waals surface area contributed by atoms with Gasteiger partial charge < -0.3 is 14.4 Å². The summed E-state index contributed by atoms with van der Waals surface area (Å²) in [5.41, 5.74) is 2.07. The van der Waals surface area contributed by atoms with Crippen LogP contribution in [-0.2, 0) is 29.1 Å². The lowest BCUT2D eigenvalue weighted by Crippen LogP contribution is -2.14. The number of rotatable bonds is 3. The Hall–Kier alpha value is -1.36. The molecular formula is C9H12N2O3. The van der Waals surface area contributed by atoms with Gasteiger partial charge in [0.25, 0.3) is 0 Å². The monoisotopic (exact) mass is 196 g/mol. The molecule has 0 saturated carbocycles. The first-order valence-electron chi connectivity index (χ1n) is 4.60. The zero-order valence-electron chi connectivity index (χ0n) is 7.77. The lowest BCUT2D eigenvalue weighted by atomic mass is 10.2. The predicted octanol–water partition coefficient (Wildman–Crippen LogP) is 0.431. The van der Waals surface area contributed by atoms with Crippen LogP contribution in [0.1, 0.15) is 17.8 Å². The number of carbonyl (C=O) groups is 1. The van der Waals surface area contributed by atoms with E-state index in [4.69, 9.17) is 9.84 Å². The number of aryl methyl sites for hydroxylation is 1. The first-order chi connectivity index (χ1) is 6.77. The molecule has 0 unspecified atom stereocenters. The van der Waals surface area contributed by atoms with E-state index in [1.54, 1.807) is 6.33 Å². The van der Waals surface area contributed by atoms with Gasteiger partial charge in [-0.05, 0) is 0 Å². The van der Waals surface area contributed by atoms with Crippen LogP contribution < -0.4 is 0 Å². The number of ether oxygens (including phenoxy) is 1. The number of imidazole rings is 1. The molecule has 1 N–H and O–H groups in total. The molecule has 0 radical (unpaired) electrons. The Morgan fingerprint density at radius 2 is 2.57 bits per heavy atom. The van der Waals surface area contributed by atoms with Gasteiger partial charge in [0.2, 0.25) is 0 Å². The summed E-state index contributed by atoms with van der Waals surface area (Å²) >= 11 is 0. The number of aromatic nitrogens is 2. The highest BCUT2D eigenvalue weighted by Gasteiger charge is 2.15. The van der Waals surface area contributed by atoms with Crippen LogP contribution in [0, 0.1) is 0 Å². The topological polar surface area (TPSA) is 64.3 Å². The molecule has 0 aromatic carbocycles. The molecule has 5 heteroatoms. The number of carboxylic acids is 1. The van der Waals surface area contributed by atoms with Gasteiger partial charge in [-0.25, -0.2) is 4.98 Å². The van der Waals surface area contributed by atoms with Crippen molar-refractivity contribution in [1.82, 2.24) is 9.55 Å². The van der Waals surface area contributed by atoms with Gasteiger partial charge in [-0.1, -0.05) is 0 Å². The molecule has 1 aliphatic rings. The molecule has 1 aliphatic heterocycles. The normalized spacial score (nSPS) is 15.1. The highest BCUT2D eigenvalue weighted by molar-refractivity contribution is 5.66. The maximum Gasteiger partial charge on any atom is 0.305 e. The lowest BCUT2D eigenvalue weighted by Gasteiger charge is -2.13. The molecule has 0 bridgehead atoms. The van der Waals surface area contributed by atoms with Crippen molar-refractivity contribution >= 4 is 5.97 Å². The van der Waals surface area contributed by atoms with Crippen molar-refractivity contribution in [2.45, 2.75) is 26.0 Å². The summed E-state index contributed by atoms with van der Waals surface area (Å²) < 4.78 is 7.16. The van der Waals surface area contributed by atoms with E-state index >= 15 is 0 Å². The van der Waals surface area contributed by atoms with Crippen LogP contribution in [-0.4, -0.2) is 27.2 Å². The maximum absolute atomic E-state index is 10.4. The maximum atomic E-state index is 10.4. The number of fused-ring (bicyclic) bond motifs is 1. The van der Waals surface area contributed by atoms with Gasteiger partial charge in [-0.3, -0.25) is 4.79 Å². The van der Waals surface area contributed by atoms with Crippen molar-refractivity contribution in [3.05, 3.63) is 17.7 Å². The van der Waals surface area contributed by atoms with E-state index in [-0.39, 0.29) is 6.42 Å². The number of carboxylic acid groups (broad SMARTS) is 1. The van der Waals surface area contributed by atoms with E-state index in [1.807, 2.05) is 4.57 Å². The highest BCUT2D eigenvalue weighted by Crippen LogP contribution is 2.15. The quantitative estimate of drug-likeness (QED) is 0.761. The van der Waals surface area contributed by atoms with E-state index in [0.29, 0.717) is 19.8 Å². The van der Waals surface area contributed by atoms with Crippen molar-refractivity contribution in [3.8, 4) is 0 Å². The third kappa shape index (κ3) is 1.77. The first kappa shape index (κ1) is 9.21. The largest absolute Gasteiger partial charge is 0.481 e. The molecule has 2 heterocycles. The Morgan fingerprint density at radius 1 is 1.71 bits per heavy atom. The van der Waals surface area contributed by atoms with Crippen LogP contribution in [0.25, 0.3) is 0 Å². The zero-order valence-corrected chi connectivity index (χ0v) is 7.77. The number of nitrogens with zero attached hydrogens (tertiary/aromatic N) is 2. The summed E-state index contributed by atoms with van der Waals surface area (Å²) in [5, 5.41) is 8.55. The molecule has 0 amide bonds. The van der Waals surface area contributed by atoms with Crippen LogP contribution in [0.15, 0.2) is 6.33 Å². The van der Waals surface area contributed by atoms with Gasteiger partial charge in [0.15, 0.2) is 0 Å². The van der Waals surface area contributed by atoms with Crippen LogP contribution in [0.3, 0.4) is 0 Å². The first-order valence-corrected chi connectivity index (χ1v) is 4.60. The average Bonchev–Trinajstić information content (AvgIpc) is 2.58. The zero-order chi connectivity index (χ0) is 9.97. The Balaban J connectivity index is 2.10. The van der Waals surface area contributed by atoms with Crippen LogP contribution in [0.5, 0.6) is 0 Å². The van der Waals surface area contributed by atoms with Gasteiger partial charge in [0, 0.05) is 13.0 Å². The minimum atomic E-state index is -0.788. The molecule has 1 aromatic heterocycles. The second-order valence-corrected chi connectivity index (χ2v) is 3.28. The number of hydrogen-bond donors (Lipinski definition) is 1. The van der Waals surface area contributed by atoms with Gasteiger partial charge >= 0.3 is 5.97 Å². The second kappa shape index (κ2) is 3.79. The van der Waals surface area contributed by atoms with E-state index in [0.717, 1.165) is 17.8 Å². The summed E-state index contributed by atoms with van der Waals surface area (Å²) in [6, 6.07) is 0. The molecule has 0 spiro atoms. The minimum Gasteiger partial charge on any atom is -0.481 e. The van der Waals surface area contributed by atoms with Crippen molar-refractivity contribution in [3.63, 3.8) is 0 Å². The summed E-state index contributed by atoms with van der Waals surface area (Å²) in [4.78, 5) is 14.6. The fraction of sp³-hybridized carbons (Fsp3) is 0.556. The molecule has 0 saturated heterocycles. The van der Waals surface area contributed by atoms with Gasteiger partial charge in [0.1, 0.15) is 0 Å². The molecule has 0 fully saturated rings. The van der Waals surface area contributed by atoms with Crippen molar-refractivity contribution in [2.75, 3.05) is 6.61 Å². The van der Waals surface area contributed by atoms with E-state index in [1.165, 1.54) is 0 Å².